The molecule has 1 aliphatic heterocycles. The van der Waals surface area contributed by atoms with Gasteiger partial charge in [-0.25, -0.2) is 14.8 Å². The van der Waals surface area contributed by atoms with Gasteiger partial charge in [-0.1, -0.05) is 0 Å². The number of piperidine rings is 1. The van der Waals surface area contributed by atoms with Crippen LogP contribution in [-0.2, 0) is 19.4 Å². The number of carbonyl (C=O) groups is 1. The van der Waals surface area contributed by atoms with Gasteiger partial charge in [-0.05, 0) is 57.3 Å². The number of urea groups is 1. The number of hydrogen-bond acceptors (Lipinski definition) is 5. The van der Waals surface area contributed by atoms with Gasteiger partial charge in [0, 0.05) is 36.5 Å². The summed E-state index contributed by atoms with van der Waals surface area (Å²) in [5.74, 6) is 0.903. The molecule has 1 saturated carbocycles. The second kappa shape index (κ2) is 7.89. The van der Waals surface area contributed by atoms with E-state index in [2.05, 4.69) is 15.3 Å². The molecule has 0 spiro atoms. The summed E-state index contributed by atoms with van der Waals surface area (Å²) >= 11 is 1.62. The summed E-state index contributed by atoms with van der Waals surface area (Å²) in [5, 5.41) is 3.73. The molecule has 3 heterocycles. The van der Waals surface area contributed by atoms with Crippen LogP contribution in [0.25, 0.3) is 0 Å². The summed E-state index contributed by atoms with van der Waals surface area (Å²) in [4.78, 5) is 37.2. The fraction of sp³-hybridized carbons (Fsp3) is 0.619. The number of thiazole rings is 1. The number of aromatic nitrogens is 3. The highest BCUT2D eigenvalue weighted by atomic mass is 32.1. The Morgan fingerprint density at radius 1 is 1.17 bits per heavy atom. The Hall–Kier alpha value is -2.22. The summed E-state index contributed by atoms with van der Waals surface area (Å²) in [6, 6.07) is 1.65. The fourth-order valence-electron chi connectivity index (χ4n) is 4.35. The minimum Gasteiger partial charge on any atom is -0.324 e. The third kappa shape index (κ3) is 4.22. The number of amides is 2. The lowest BCUT2D eigenvalue weighted by molar-refractivity contribution is 0.176. The minimum absolute atomic E-state index is 0.0507. The first-order valence-corrected chi connectivity index (χ1v) is 11.6. The number of nitrogens with one attached hydrogen (secondary N) is 1. The molecule has 2 aromatic heterocycles. The van der Waals surface area contributed by atoms with Crippen molar-refractivity contribution in [2.75, 3.05) is 18.4 Å². The van der Waals surface area contributed by atoms with Crippen LogP contribution in [-0.4, -0.2) is 38.6 Å². The topological polar surface area (TPSA) is 80.1 Å². The summed E-state index contributed by atoms with van der Waals surface area (Å²) in [7, 11) is 0. The van der Waals surface area contributed by atoms with Crippen molar-refractivity contribution in [1.29, 1.82) is 0 Å². The number of nitrogens with zero attached hydrogens (tertiary/aromatic N) is 4. The van der Waals surface area contributed by atoms with Gasteiger partial charge >= 0.3 is 6.03 Å². The number of anilines is 1. The number of rotatable bonds is 4. The summed E-state index contributed by atoms with van der Waals surface area (Å²) in [6.07, 6.45) is 10.3. The van der Waals surface area contributed by atoms with Gasteiger partial charge in [0.15, 0.2) is 5.13 Å². The zero-order valence-electron chi connectivity index (χ0n) is 16.6. The second-order valence-electron chi connectivity index (χ2n) is 8.54. The lowest BCUT2D eigenvalue weighted by atomic mass is 9.97. The van der Waals surface area contributed by atoms with Gasteiger partial charge in [0.05, 0.1) is 17.7 Å². The maximum atomic E-state index is 12.6. The average molecular weight is 414 g/mol. The number of carbonyl (C=O) groups excluding carboxylic acids is 1. The van der Waals surface area contributed by atoms with Crippen molar-refractivity contribution in [1.82, 2.24) is 19.4 Å². The molecule has 7 nitrogen and oxygen atoms in total. The van der Waals surface area contributed by atoms with Crippen molar-refractivity contribution < 1.29 is 4.79 Å². The lowest BCUT2D eigenvalue weighted by Crippen LogP contribution is -2.42. The zero-order valence-corrected chi connectivity index (χ0v) is 17.4. The Morgan fingerprint density at radius 2 is 1.97 bits per heavy atom. The zero-order chi connectivity index (χ0) is 19.8. The molecule has 154 valence electrons. The minimum atomic E-state index is -0.0535. The molecule has 0 aromatic carbocycles. The van der Waals surface area contributed by atoms with Crippen LogP contribution in [0.5, 0.6) is 0 Å². The molecule has 5 rings (SSSR count). The Bertz CT molecular complexity index is 933. The van der Waals surface area contributed by atoms with Crippen molar-refractivity contribution in [2.45, 2.75) is 63.8 Å². The Morgan fingerprint density at radius 3 is 2.69 bits per heavy atom. The molecule has 2 amide bonds. The van der Waals surface area contributed by atoms with Crippen molar-refractivity contribution in [3.8, 4) is 0 Å². The first-order chi connectivity index (χ1) is 14.2. The van der Waals surface area contributed by atoms with E-state index >= 15 is 0 Å². The SMILES string of the molecule is O=C(Nc1nc2c(s1)CCCC2)N1CCC(Cn2cnc(C3CC3)cc2=O)CC1. The third-order valence-corrected chi connectivity index (χ3v) is 7.39. The number of hydrogen-bond donors (Lipinski definition) is 1. The Labute approximate surface area is 174 Å². The summed E-state index contributed by atoms with van der Waals surface area (Å²) in [6.45, 7) is 2.11. The molecule has 0 bridgehead atoms. The second-order valence-corrected chi connectivity index (χ2v) is 9.62. The predicted octanol–water partition coefficient (Wildman–Crippen LogP) is 3.40. The molecule has 2 aromatic rings. The number of fused-ring (bicyclic) bond motifs is 1. The molecule has 2 aliphatic carbocycles. The molecule has 0 unspecified atom stereocenters. The van der Waals surface area contributed by atoms with Crippen LogP contribution in [0.4, 0.5) is 9.93 Å². The molecule has 3 aliphatic rings. The number of likely N-dealkylation sites (tertiary alicyclic amines) is 1. The molecule has 2 fully saturated rings. The molecule has 1 saturated heterocycles. The highest BCUT2D eigenvalue weighted by molar-refractivity contribution is 7.15. The van der Waals surface area contributed by atoms with Gasteiger partial charge in [0.2, 0.25) is 0 Å². The van der Waals surface area contributed by atoms with Crippen LogP contribution in [0.1, 0.15) is 60.7 Å². The summed E-state index contributed by atoms with van der Waals surface area (Å²) in [5.41, 5.74) is 2.17. The molecular weight excluding hydrogens is 386 g/mol. The Kier molecular flexibility index (Phi) is 5.11. The molecule has 1 N–H and O–H groups in total. The van der Waals surface area contributed by atoms with Gasteiger partial charge in [0.1, 0.15) is 0 Å². The molecule has 8 heteroatoms. The van der Waals surface area contributed by atoms with E-state index in [9.17, 15) is 9.59 Å². The van der Waals surface area contributed by atoms with Crippen LogP contribution in [0.2, 0.25) is 0 Å². The summed E-state index contributed by atoms with van der Waals surface area (Å²) < 4.78 is 1.73. The first kappa shape index (κ1) is 18.8. The van der Waals surface area contributed by atoms with Crippen LogP contribution in [0.3, 0.4) is 0 Å². The molecule has 0 atom stereocenters. The van der Waals surface area contributed by atoms with E-state index < -0.39 is 0 Å². The number of aryl methyl sites for hydroxylation is 2. The van der Waals surface area contributed by atoms with Crippen LogP contribution < -0.4 is 10.9 Å². The van der Waals surface area contributed by atoms with E-state index in [1.807, 2.05) is 4.90 Å². The monoisotopic (exact) mass is 413 g/mol. The normalized spacial score (nSPS) is 19.8. The van der Waals surface area contributed by atoms with Crippen LogP contribution >= 0.6 is 11.3 Å². The van der Waals surface area contributed by atoms with Gasteiger partial charge in [-0.3, -0.25) is 14.7 Å². The highest BCUT2D eigenvalue weighted by Gasteiger charge is 2.27. The third-order valence-electron chi connectivity index (χ3n) is 6.31. The molecule has 0 radical (unpaired) electrons. The standard InChI is InChI=1S/C21H27N5O2S/c27-19-11-17(15-5-6-15)22-13-26(19)12-14-7-9-25(10-8-14)21(28)24-20-23-16-3-1-2-4-18(16)29-20/h11,13-15H,1-10,12H2,(H,23,24,28). The maximum absolute atomic E-state index is 12.6. The van der Waals surface area contributed by atoms with Gasteiger partial charge in [-0.15, -0.1) is 11.3 Å². The maximum Gasteiger partial charge on any atom is 0.323 e. The van der Waals surface area contributed by atoms with Crippen molar-refractivity contribution in [3.05, 3.63) is 39.0 Å². The van der Waals surface area contributed by atoms with Gasteiger partial charge in [0.25, 0.3) is 5.56 Å². The van der Waals surface area contributed by atoms with E-state index in [4.69, 9.17) is 0 Å². The average Bonchev–Trinajstić information content (AvgIpc) is 3.50. The Balaban J connectivity index is 1.13. The highest BCUT2D eigenvalue weighted by Crippen LogP contribution is 2.38. The quantitative estimate of drug-likeness (QED) is 0.833. The predicted molar refractivity (Wildman–Crippen MR) is 113 cm³/mol. The van der Waals surface area contributed by atoms with Crippen LogP contribution in [0.15, 0.2) is 17.2 Å². The molecular formula is C21H27N5O2S. The largest absolute Gasteiger partial charge is 0.324 e. The van der Waals surface area contributed by atoms with Crippen molar-refractivity contribution in [2.24, 2.45) is 5.92 Å². The smallest absolute Gasteiger partial charge is 0.323 e. The first-order valence-electron chi connectivity index (χ1n) is 10.8. The van der Waals surface area contributed by atoms with E-state index in [0.717, 1.165) is 49.4 Å². The van der Waals surface area contributed by atoms with E-state index in [1.165, 1.54) is 23.4 Å². The fourth-order valence-corrected chi connectivity index (χ4v) is 5.39. The lowest BCUT2D eigenvalue weighted by Gasteiger charge is -2.31. The van der Waals surface area contributed by atoms with Crippen LogP contribution in [0, 0.1) is 5.92 Å². The van der Waals surface area contributed by atoms with Gasteiger partial charge < -0.3 is 4.90 Å². The van der Waals surface area contributed by atoms with E-state index in [0.29, 0.717) is 31.5 Å². The van der Waals surface area contributed by atoms with Crippen molar-refractivity contribution in [3.63, 3.8) is 0 Å². The van der Waals surface area contributed by atoms with E-state index in [-0.39, 0.29) is 11.6 Å². The van der Waals surface area contributed by atoms with E-state index in [1.54, 1.807) is 28.3 Å². The van der Waals surface area contributed by atoms with Gasteiger partial charge in [-0.2, -0.15) is 0 Å². The van der Waals surface area contributed by atoms with Crippen molar-refractivity contribution >= 4 is 22.5 Å². The molecule has 29 heavy (non-hydrogen) atoms.